The van der Waals surface area contributed by atoms with Gasteiger partial charge in [0.15, 0.2) is 0 Å². The van der Waals surface area contributed by atoms with Crippen molar-refractivity contribution in [1.29, 1.82) is 0 Å². The number of rotatable bonds is 6. The van der Waals surface area contributed by atoms with E-state index in [1.807, 2.05) is 42.5 Å². The molecule has 0 unspecified atom stereocenters. The minimum atomic E-state index is 0.158. The maximum Gasteiger partial charge on any atom is 0.130 e. The van der Waals surface area contributed by atoms with Gasteiger partial charge in [0.25, 0.3) is 0 Å². The zero-order chi connectivity index (χ0) is 18.3. The highest BCUT2D eigenvalue weighted by Gasteiger charge is 2.27. The fourth-order valence-corrected chi connectivity index (χ4v) is 3.63. The van der Waals surface area contributed by atoms with E-state index >= 15 is 0 Å². The molecule has 138 valence electrons. The van der Waals surface area contributed by atoms with E-state index in [-0.39, 0.29) is 12.0 Å². The third-order valence-electron chi connectivity index (χ3n) is 5.02. The van der Waals surface area contributed by atoms with E-state index in [2.05, 4.69) is 47.8 Å². The first-order valence-electron chi connectivity index (χ1n) is 9.58. The summed E-state index contributed by atoms with van der Waals surface area (Å²) in [7, 11) is 0. The lowest BCUT2D eigenvalue weighted by Crippen LogP contribution is -2.42. The number of para-hydroxylation sites is 2. The first kappa shape index (κ1) is 17.8. The van der Waals surface area contributed by atoms with Crippen molar-refractivity contribution in [3.8, 4) is 11.5 Å². The van der Waals surface area contributed by atoms with Crippen molar-refractivity contribution in [2.75, 3.05) is 19.7 Å². The van der Waals surface area contributed by atoms with Gasteiger partial charge >= 0.3 is 0 Å². The van der Waals surface area contributed by atoms with E-state index in [1.54, 1.807) is 0 Å². The van der Waals surface area contributed by atoms with Crippen LogP contribution in [-0.4, -0.2) is 25.8 Å². The molecule has 0 saturated carbocycles. The highest BCUT2D eigenvalue weighted by atomic mass is 16.5. The SMILES string of the molecule is c1ccc(Oc2ccccc2C[C@@H](c2ccccc2)[C@@H]2CNCCO2)cc1. The highest BCUT2D eigenvalue weighted by Crippen LogP contribution is 2.32. The van der Waals surface area contributed by atoms with E-state index in [9.17, 15) is 0 Å². The minimum absolute atomic E-state index is 0.158. The predicted octanol–water partition coefficient (Wildman–Crippen LogP) is 4.79. The number of hydrogen-bond acceptors (Lipinski definition) is 3. The zero-order valence-electron chi connectivity index (χ0n) is 15.4. The lowest BCUT2D eigenvalue weighted by Gasteiger charge is -2.32. The number of nitrogens with one attached hydrogen (secondary N) is 1. The lowest BCUT2D eigenvalue weighted by molar-refractivity contribution is 0.0109. The van der Waals surface area contributed by atoms with Gasteiger partial charge in [0.05, 0.1) is 12.7 Å². The van der Waals surface area contributed by atoms with Crippen molar-refractivity contribution < 1.29 is 9.47 Å². The third-order valence-corrected chi connectivity index (χ3v) is 5.02. The molecule has 0 spiro atoms. The number of morpholine rings is 1. The topological polar surface area (TPSA) is 30.5 Å². The number of benzene rings is 3. The molecule has 1 saturated heterocycles. The summed E-state index contributed by atoms with van der Waals surface area (Å²) >= 11 is 0. The molecule has 3 nitrogen and oxygen atoms in total. The Hall–Kier alpha value is -2.62. The van der Waals surface area contributed by atoms with Crippen LogP contribution in [0.3, 0.4) is 0 Å². The van der Waals surface area contributed by atoms with Crippen LogP contribution >= 0.6 is 0 Å². The summed E-state index contributed by atoms with van der Waals surface area (Å²) in [6, 6.07) is 28.9. The van der Waals surface area contributed by atoms with Crippen molar-refractivity contribution in [2.24, 2.45) is 0 Å². The van der Waals surface area contributed by atoms with Crippen LogP contribution in [-0.2, 0) is 11.2 Å². The van der Waals surface area contributed by atoms with Crippen LogP contribution in [0, 0.1) is 0 Å². The summed E-state index contributed by atoms with van der Waals surface area (Å²) in [5, 5.41) is 3.47. The zero-order valence-corrected chi connectivity index (χ0v) is 15.4. The average Bonchev–Trinajstić information content (AvgIpc) is 2.75. The van der Waals surface area contributed by atoms with Crippen molar-refractivity contribution in [1.82, 2.24) is 5.32 Å². The minimum Gasteiger partial charge on any atom is -0.457 e. The van der Waals surface area contributed by atoms with Crippen molar-refractivity contribution in [2.45, 2.75) is 18.4 Å². The quantitative estimate of drug-likeness (QED) is 0.686. The predicted molar refractivity (Wildman–Crippen MR) is 108 cm³/mol. The summed E-state index contributed by atoms with van der Waals surface area (Å²) in [5.41, 5.74) is 2.50. The van der Waals surface area contributed by atoms with Crippen molar-refractivity contribution >= 4 is 0 Å². The summed E-state index contributed by atoms with van der Waals surface area (Å²) in [6.45, 7) is 2.56. The molecule has 0 amide bonds. The summed E-state index contributed by atoms with van der Waals surface area (Å²) in [4.78, 5) is 0. The molecule has 0 radical (unpaired) electrons. The molecule has 27 heavy (non-hydrogen) atoms. The molecule has 1 N–H and O–H groups in total. The molecule has 4 rings (SSSR count). The molecule has 3 heteroatoms. The van der Waals surface area contributed by atoms with E-state index in [0.717, 1.165) is 37.6 Å². The van der Waals surface area contributed by atoms with Gasteiger partial charge in [0.1, 0.15) is 11.5 Å². The fourth-order valence-electron chi connectivity index (χ4n) is 3.63. The van der Waals surface area contributed by atoms with Gasteiger partial charge < -0.3 is 14.8 Å². The van der Waals surface area contributed by atoms with Crippen molar-refractivity contribution in [3.63, 3.8) is 0 Å². The van der Waals surface area contributed by atoms with E-state index < -0.39 is 0 Å². The van der Waals surface area contributed by atoms with E-state index in [1.165, 1.54) is 11.1 Å². The maximum atomic E-state index is 6.18. The molecule has 1 heterocycles. The molecule has 2 atom stereocenters. The van der Waals surface area contributed by atoms with Crippen molar-refractivity contribution in [3.05, 3.63) is 96.1 Å². The van der Waals surface area contributed by atoms with Gasteiger partial charge in [-0.2, -0.15) is 0 Å². The van der Waals surface area contributed by atoms with Gasteiger partial charge in [-0.15, -0.1) is 0 Å². The van der Waals surface area contributed by atoms with Gasteiger partial charge in [-0.25, -0.2) is 0 Å². The first-order chi connectivity index (χ1) is 13.4. The fraction of sp³-hybridized carbons (Fsp3) is 0.250. The van der Waals surface area contributed by atoms with Gasteiger partial charge in [-0.3, -0.25) is 0 Å². The second kappa shape index (κ2) is 8.85. The Morgan fingerprint density at radius 1 is 0.889 bits per heavy atom. The average molecular weight is 359 g/mol. The number of ether oxygens (including phenoxy) is 2. The summed E-state index contributed by atoms with van der Waals surface area (Å²) in [5.74, 6) is 2.05. The van der Waals surface area contributed by atoms with Crippen LogP contribution in [0.5, 0.6) is 11.5 Å². The monoisotopic (exact) mass is 359 g/mol. The molecule has 0 aromatic heterocycles. The number of hydrogen-bond donors (Lipinski definition) is 1. The normalized spacial score (nSPS) is 18.0. The molecule has 0 aliphatic carbocycles. The van der Waals surface area contributed by atoms with Gasteiger partial charge in [0.2, 0.25) is 0 Å². The van der Waals surface area contributed by atoms with Gasteiger partial charge in [-0.05, 0) is 35.7 Å². The summed E-state index contributed by atoms with van der Waals surface area (Å²) in [6.07, 6.45) is 1.03. The third kappa shape index (κ3) is 4.57. The second-order valence-corrected chi connectivity index (χ2v) is 6.86. The Kier molecular flexibility index (Phi) is 5.83. The van der Waals surface area contributed by atoms with Crippen LogP contribution in [0.4, 0.5) is 0 Å². The van der Waals surface area contributed by atoms with E-state index in [4.69, 9.17) is 9.47 Å². The molecular formula is C24H25NO2. The summed E-state index contributed by atoms with van der Waals surface area (Å²) < 4.78 is 12.3. The Labute approximate surface area is 161 Å². The second-order valence-electron chi connectivity index (χ2n) is 6.86. The maximum absolute atomic E-state index is 6.18. The Bertz CT molecular complexity index is 829. The van der Waals surface area contributed by atoms with Gasteiger partial charge in [0, 0.05) is 19.0 Å². The standard InChI is InChI=1S/C24H25NO2/c1-3-9-19(10-4-1)22(24-18-25-15-16-26-24)17-20-11-7-8-14-23(20)27-21-12-5-2-6-13-21/h1-14,22,24-25H,15-18H2/t22-,24-/m0/s1. The molecule has 1 aliphatic rings. The molecule has 3 aromatic carbocycles. The molecular weight excluding hydrogens is 334 g/mol. The Morgan fingerprint density at radius 3 is 2.33 bits per heavy atom. The lowest BCUT2D eigenvalue weighted by atomic mass is 9.86. The smallest absolute Gasteiger partial charge is 0.130 e. The Balaban J connectivity index is 1.61. The van der Waals surface area contributed by atoms with Crippen LogP contribution in [0.2, 0.25) is 0 Å². The molecule has 1 aliphatic heterocycles. The highest BCUT2D eigenvalue weighted by molar-refractivity contribution is 5.39. The van der Waals surface area contributed by atoms with Crippen LogP contribution in [0.15, 0.2) is 84.9 Å². The molecule has 3 aromatic rings. The molecule has 0 bridgehead atoms. The first-order valence-corrected chi connectivity index (χ1v) is 9.58. The largest absolute Gasteiger partial charge is 0.457 e. The Morgan fingerprint density at radius 2 is 1.59 bits per heavy atom. The van der Waals surface area contributed by atoms with Gasteiger partial charge in [-0.1, -0.05) is 66.7 Å². The van der Waals surface area contributed by atoms with Crippen LogP contribution in [0.25, 0.3) is 0 Å². The van der Waals surface area contributed by atoms with Crippen LogP contribution in [0.1, 0.15) is 17.0 Å². The molecule has 1 fully saturated rings. The van der Waals surface area contributed by atoms with Crippen LogP contribution < -0.4 is 10.1 Å². The van der Waals surface area contributed by atoms with E-state index in [0.29, 0.717) is 0 Å².